The number of anilines is 1. The van der Waals surface area contributed by atoms with E-state index in [2.05, 4.69) is 10.6 Å². The van der Waals surface area contributed by atoms with Gasteiger partial charge in [0, 0.05) is 22.8 Å². The first-order chi connectivity index (χ1) is 17.5. The minimum absolute atomic E-state index is 0.248. The van der Waals surface area contributed by atoms with E-state index in [4.69, 9.17) is 16.3 Å². The monoisotopic (exact) mass is 503 g/mol. The van der Waals surface area contributed by atoms with Gasteiger partial charge in [-0.2, -0.15) is 0 Å². The molecule has 2 N–H and O–H groups in total. The van der Waals surface area contributed by atoms with E-state index in [9.17, 15) is 14.4 Å². The highest BCUT2D eigenvalue weighted by Crippen LogP contribution is 2.35. The number of carbonyl (C=O) groups is 3. The highest BCUT2D eigenvalue weighted by Gasteiger charge is 2.47. The highest BCUT2D eigenvalue weighted by atomic mass is 35.5. The third-order valence-corrected chi connectivity index (χ3v) is 6.61. The number of ether oxygens (including phenoxy) is 1. The Balaban J connectivity index is 1.39. The minimum atomic E-state index is -0.838. The van der Waals surface area contributed by atoms with Crippen LogP contribution in [-0.4, -0.2) is 35.4 Å². The molecule has 2 aliphatic rings. The number of cyclic esters (lactones) is 1. The van der Waals surface area contributed by atoms with Crippen LogP contribution in [0, 0.1) is 5.92 Å². The number of nitrogens with one attached hydrogen (secondary N) is 2. The summed E-state index contributed by atoms with van der Waals surface area (Å²) in [5.74, 6) is -0.0671. The van der Waals surface area contributed by atoms with E-state index in [0.29, 0.717) is 34.3 Å². The fraction of sp³-hybridized carbons (Fsp3) is 0.250. The first-order valence-electron chi connectivity index (χ1n) is 11.9. The molecule has 1 saturated heterocycles. The molecule has 1 aliphatic carbocycles. The smallest absolute Gasteiger partial charge is 0.411 e. The number of hydrogen-bond donors (Lipinski definition) is 2. The van der Waals surface area contributed by atoms with Crippen LogP contribution in [0.4, 0.5) is 10.5 Å². The summed E-state index contributed by atoms with van der Waals surface area (Å²) in [7, 11) is 0. The highest BCUT2D eigenvalue weighted by molar-refractivity contribution is 6.31. The van der Waals surface area contributed by atoms with Crippen molar-refractivity contribution in [1.29, 1.82) is 0 Å². The lowest BCUT2D eigenvalue weighted by Gasteiger charge is -2.24. The van der Waals surface area contributed by atoms with Gasteiger partial charge < -0.3 is 15.4 Å². The zero-order chi connectivity index (χ0) is 25.1. The maximum absolute atomic E-state index is 13.3. The van der Waals surface area contributed by atoms with Gasteiger partial charge in [-0.05, 0) is 60.2 Å². The molecule has 7 nitrogen and oxygen atoms in total. The Labute approximate surface area is 214 Å². The number of carbonyl (C=O) groups excluding carboxylic acids is 3. The van der Waals surface area contributed by atoms with Crippen molar-refractivity contribution < 1.29 is 19.1 Å². The van der Waals surface area contributed by atoms with Crippen molar-refractivity contribution in [3.63, 3.8) is 0 Å². The molecule has 184 valence electrons. The van der Waals surface area contributed by atoms with E-state index in [1.54, 1.807) is 48.5 Å². The summed E-state index contributed by atoms with van der Waals surface area (Å²) in [4.78, 5) is 40.4. The van der Waals surface area contributed by atoms with E-state index in [0.717, 1.165) is 18.4 Å². The molecule has 0 aromatic heterocycles. The molecule has 2 fully saturated rings. The Kier molecular flexibility index (Phi) is 6.91. The van der Waals surface area contributed by atoms with Crippen LogP contribution >= 0.6 is 11.6 Å². The molecule has 3 amide bonds. The molecule has 36 heavy (non-hydrogen) atoms. The predicted octanol–water partition coefficient (Wildman–Crippen LogP) is 5.18. The van der Waals surface area contributed by atoms with Crippen molar-refractivity contribution in [3.05, 3.63) is 101 Å². The third kappa shape index (κ3) is 5.52. The summed E-state index contributed by atoms with van der Waals surface area (Å²) in [5, 5.41) is 6.32. The van der Waals surface area contributed by atoms with Crippen molar-refractivity contribution >= 4 is 35.2 Å². The van der Waals surface area contributed by atoms with Crippen molar-refractivity contribution in [3.8, 4) is 0 Å². The van der Waals surface area contributed by atoms with E-state index in [1.165, 1.54) is 4.90 Å². The number of rotatable bonds is 8. The van der Waals surface area contributed by atoms with E-state index in [-0.39, 0.29) is 18.4 Å². The van der Waals surface area contributed by atoms with Gasteiger partial charge in [0.2, 0.25) is 5.91 Å². The summed E-state index contributed by atoms with van der Waals surface area (Å²) < 4.78 is 5.74. The molecule has 3 aromatic carbocycles. The van der Waals surface area contributed by atoms with Crippen LogP contribution in [0.1, 0.15) is 40.4 Å². The van der Waals surface area contributed by atoms with Crippen molar-refractivity contribution in [1.82, 2.24) is 10.2 Å². The molecular weight excluding hydrogens is 478 g/mol. The first kappa shape index (κ1) is 23.9. The summed E-state index contributed by atoms with van der Waals surface area (Å²) in [6, 6.07) is 22.3. The van der Waals surface area contributed by atoms with Crippen LogP contribution in [0.3, 0.4) is 0 Å². The Morgan fingerprint density at radius 1 is 0.972 bits per heavy atom. The summed E-state index contributed by atoms with van der Waals surface area (Å²) in [5.41, 5.74) is 2.46. The summed E-state index contributed by atoms with van der Waals surface area (Å²) >= 11 is 6.01. The van der Waals surface area contributed by atoms with Crippen LogP contribution < -0.4 is 10.6 Å². The molecule has 0 radical (unpaired) electrons. The van der Waals surface area contributed by atoms with Gasteiger partial charge in [-0.3, -0.25) is 14.5 Å². The predicted molar refractivity (Wildman–Crippen MR) is 137 cm³/mol. The number of amides is 3. The molecule has 8 heteroatoms. The Hall–Kier alpha value is -3.84. The fourth-order valence-electron chi connectivity index (χ4n) is 4.29. The lowest BCUT2D eigenvalue weighted by atomic mass is 10.00. The Morgan fingerprint density at radius 3 is 2.50 bits per heavy atom. The Bertz CT molecular complexity index is 1280. The lowest BCUT2D eigenvalue weighted by molar-refractivity contribution is -0.126. The second-order valence-corrected chi connectivity index (χ2v) is 9.58. The average molecular weight is 504 g/mol. The van der Waals surface area contributed by atoms with E-state index < -0.39 is 18.2 Å². The van der Waals surface area contributed by atoms with Gasteiger partial charge in [-0.1, -0.05) is 60.1 Å². The zero-order valence-electron chi connectivity index (χ0n) is 19.5. The fourth-order valence-corrected chi connectivity index (χ4v) is 4.48. The second kappa shape index (κ2) is 10.4. The lowest BCUT2D eigenvalue weighted by Crippen LogP contribution is -2.46. The van der Waals surface area contributed by atoms with Crippen LogP contribution in [0.2, 0.25) is 5.02 Å². The van der Waals surface area contributed by atoms with Crippen molar-refractivity contribution in [2.45, 2.75) is 31.5 Å². The molecule has 1 heterocycles. The van der Waals surface area contributed by atoms with Crippen molar-refractivity contribution in [2.75, 3.05) is 11.9 Å². The summed E-state index contributed by atoms with van der Waals surface area (Å²) in [6.07, 6.45) is 0.838. The van der Waals surface area contributed by atoms with Gasteiger partial charge in [0.15, 0.2) is 12.1 Å². The van der Waals surface area contributed by atoms with Crippen LogP contribution in [0.25, 0.3) is 0 Å². The van der Waals surface area contributed by atoms with Gasteiger partial charge in [-0.25, -0.2) is 4.79 Å². The second-order valence-electron chi connectivity index (χ2n) is 9.14. The molecule has 3 aromatic rings. The normalized spacial score (nSPS) is 19.0. The number of hydrogen-bond acceptors (Lipinski definition) is 4. The van der Waals surface area contributed by atoms with Gasteiger partial charge in [0.05, 0.1) is 6.54 Å². The van der Waals surface area contributed by atoms with Gasteiger partial charge in [0.25, 0.3) is 5.91 Å². The quantitative estimate of drug-likeness (QED) is 0.443. The third-order valence-electron chi connectivity index (χ3n) is 6.37. The number of benzene rings is 3. The van der Waals surface area contributed by atoms with E-state index >= 15 is 0 Å². The molecule has 0 spiro atoms. The molecule has 5 rings (SSSR count). The van der Waals surface area contributed by atoms with Crippen LogP contribution in [0.5, 0.6) is 0 Å². The molecule has 2 atom stereocenters. The van der Waals surface area contributed by atoms with Crippen LogP contribution in [-0.2, 0) is 16.1 Å². The topological polar surface area (TPSA) is 87.7 Å². The molecular formula is C28H26ClN3O4. The van der Waals surface area contributed by atoms with Gasteiger partial charge in [-0.15, -0.1) is 0 Å². The first-order valence-corrected chi connectivity index (χ1v) is 12.3. The standard InChI is InChI=1S/C28H26ClN3O4/c29-22-10-4-9-21(14-22)26(33)31-23-11-5-8-20(15-23)25-24(27(34)30-16-18-12-13-18)32(28(35)36-25)17-19-6-2-1-3-7-19/h1-11,14-15,18,24-25H,12-13,16-17H2,(H,30,34)(H,31,33). The number of nitrogens with zero attached hydrogens (tertiary/aromatic N) is 1. The summed E-state index contributed by atoms with van der Waals surface area (Å²) in [6.45, 7) is 0.841. The van der Waals surface area contributed by atoms with Crippen molar-refractivity contribution in [2.24, 2.45) is 5.92 Å². The van der Waals surface area contributed by atoms with Crippen LogP contribution in [0.15, 0.2) is 78.9 Å². The SMILES string of the molecule is O=C(Nc1cccc(C2OC(=O)N(Cc3ccccc3)C2C(=O)NCC2CC2)c1)c1cccc(Cl)c1. The van der Waals surface area contributed by atoms with E-state index in [1.807, 2.05) is 30.3 Å². The Morgan fingerprint density at radius 2 is 1.75 bits per heavy atom. The molecule has 0 bridgehead atoms. The van der Waals surface area contributed by atoms with Gasteiger partial charge in [0.1, 0.15) is 0 Å². The zero-order valence-corrected chi connectivity index (χ0v) is 20.3. The molecule has 2 unspecified atom stereocenters. The maximum Gasteiger partial charge on any atom is 0.411 e. The van der Waals surface area contributed by atoms with Gasteiger partial charge >= 0.3 is 6.09 Å². The maximum atomic E-state index is 13.3. The molecule has 1 saturated carbocycles. The molecule has 1 aliphatic heterocycles. The minimum Gasteiger partial charge on any atom is -0.438 e. The largest absolute Gasteiger partial charge is 0.438 e. The average Bonchev–Trinajstić information content (AvgIpc) is 3.66. The number of halogens is 1.